The van der Waals surface area contributed by atoms with Crippen molar-refractivity contribution in [2.24, 2.45) is 0 Å². The molecule has 0 aromatic carbocycles. The van der Waals surface area contributed by atoms with Gasteiger partial charge in [-0.05, 0) is 25.0 Å². The second-order valence-electron chi connectivity index (χ2n) is 3.61. The minimum atomic E-state index is 0.518. The molecule has 1 aromatic heterocycles. The molecule has 2 heteroatoms. The molecule has 2 nitrogen and oxygen atoms in total. The molecule has 1 aromatic rings. The number of fused-ring (bicyclic) bond motifs is 1. The average Bonchev–Trinajstić information content (AvgIpc) is 2.52. The highest BCUT2D eigenvalue weighted by molar-refractivity contribution is 5.27. The highest BCUT2D eigenvalue weighted by Gasteiger charge is 2.22. The number of nitrogens with one attached hydrogen (secondary N) is 2. The fourth-order valence-corrected chi connectivity index (χ4v) is 2.01. The van der Waals surface area contributed by atoms with Crippen LogP contribution in [0.4, 0.5) is 0 Å². The average molecular weight is 164 g/mol. The Balaban J connectivity index is 2.26. The molecule has 2 heterocycles. The third kappa shape index (κ3) is 1.16. The maximum atomic E-state index is 3.59. The SMILES string of the molecule is CC[C@@H]1Cc2[nH]ccc2[C@@H](C)N1. The summed E-state index contributed by atoms with van der Waals surface area (Å²) in [6.07, 6.45) is 4.41. The van der Waals surface area contributed by atoms with Crippen molar-refractivity contribution in [3.05, 3.63) is 23.5 Å². The van der Waals surface area contributed by atoms with E-state index >= 15 is 0 Å². The number of hydrogen-bond acceptors (Lipinski definition) is 1. The van der Waals surface area contributed by atoms with E-state index in [4.69, 9.17) is 0 Å². The second-order valence-corrected chi connectivity index (χ2v) is 3.61. The number of H-pyrrole nitrogens is 1. The van der Waals surface area contributed by atoms with Crippen LogP contribution < -0.4 is 5.32 Å². The number of hydrogen-bond donors (Lipinski definition) is 2. The monoisotopic (exact) mass is 164 g/mol. The lowest BCUT2D eigenvalue weighted by Crippen LogP contribution is -2.37. The van der Waals surface area contributed by atoms with Gasteiger partial charge in [-0.25, -0.2) is 0 Å². The molecule has 2 N–H and O–H groups in total. The lowest BCUT2D eigenvalue weighted by Gasteiger charge is -2.28. The van der Waals surface area contributed by atoms with Gasteiger partial charge in [0.25, 0.3) is 0 Å². The standard InChI is InChI=1S/C10H16N2/c1-3-8-6-10-9(4-5-11-10)7(2)12-8/h4-5,7-8,11-12H,3,6H2,1-2H3/t7-,8-/m1/s1. The van der Waals surface area contributed by atoms with Crippen molar-refractivity contribution in [1.29, 1.82) is 0 Å². The molecule has 0 spiro atoms. The van der Waals surface area contributed by atoms with Crippen LogP contribution in [-0.2, 0) is 6.42 Å². The predicted molar refractivity (Wildman–Crippen MR) is 50.1 cm³/mol. The molecule has 0 amide bonds. The molecule has 2 atom stereocenters. The van der Waals surface area contributed by atoms with E-state index in [-0.39, 0.29) is 0 Å². The largest absolute Gasteiger partial charge is 0.365 e. The fraction of sp³-hybridized carbons (Fsp3) is 0.600. The van der Waals surface area contributed by atoms with E-state index in [9.17, 15) is 0 Å². The smallest absolute Gasteiger partial charge is 0.0312 e. The summed E-state index contributed by atoms with van der Waals surface area (Å²) in [6, 6.07) is 3.36. The Hall–Kier alpha value is -0.760. The van der Waals surface area contributed by atoms with Crippen molar-refractivity contribution >= 4 is 0 Å². The first-order valence-electron chi connectivity index (χ1n) is 4.73. The zero-order valence-electron chi connectivity index (χ0n) is 7.72. The van der Waals surface area contributed by atoms with Crippen LogP contribution in [0.2, 0.25) is 0 Å². The van der Waals surface area contributed by atoms with Gasteiger partial charge in [0.2, 0.25) is 0 Å². The highest BCUT2D eigenvalue weighted by Crippen LogP contribution is 2.24. The third-order valence-corrected chi connectivity index (χ3v) is 2.76. The topological polar surface area (TPSA) is 27.8 Å². The van der Waals surface area contributed by atoms with Crippen LogP contribution in [0, 0.1) is 0 Å². The summed E-state index contributed by atoms with van der Waals surface area (Å²) in [4.78, 5) is 3.31. The van der Waals surface area contributed by atoms with Crippen LogP contribution in [0.15, 0.2) is 12.3 Å². The molecule has 66 valence electrons. The predicted octanol–water partition coefficient (Wildman–Crippen LogP) is 2.00. The van der Waals surface area contributed by atoms with Crippen LogP contribution in [0.3, 0.4) is 0 Å². The first-order valence-corrected chi connectivity index (χ1v) is 4.73. The summed E-state index contributed by atoms with van der Waals surface area (Å²) < 4.78 is 0. The molecule has 12 heavy (non-hydrogen) atoms. The summed E-state index contributed by atoms with van der Waals surface area (Å²) in [5, 5.41) is 3.59. The van der Waals surface area contributed by atoms with E-state index < -0.39 is 0 Å². The lowest BCUT2D eigenvalue weighted by atomic mass is 9.96. The zero-order valence-corrected chi connectivity index (χ0v) is 7.72. The molecule has 0 fully saturated rings. The highest BCUT2D eigenvalue weighted by atomic mass is 15.0. The Morgan fingerprint density at radius 1 is 1.58 bits per heavy atom. The summed E-state index contributed by atoms with van der Waals surface area (Å²) in [6.45, 7) is 4.47. The molecule has 0 aliphatic carbocycles. The van der Waals surface area contributed by atoms with E-state index in [1.54, 1.807) is 0 Å². The van der Waals surface area contributed by atoms with Gasteiger partial charge in [0.15, 0.2) is 0 Å². The Bertz CT molecular complexity index is 265. The third-order valence-electron chi connectivity index (χ3n) is 2.76. The van der Waals surface area contributed by atoms with E-state index in [2.05, 4.69) is 30.2 Å². The Morgan fingerprint density at radius 2 is 2.42 bits per heavy atom. The van der Waals surface area contributed by atoms with Gasteiger partial charge in [-0.15, -0.1) is 0 Å². The maximum absolute atomic E-state index is 3.59. The molecule has 2 rings (SSSR count). The first kappa shape index (κ1) is 7.87. The molecule has 1 aliphatic heterocycles. The number of rotatable bonds is 1. The maximum Gasteiger partial charge on any atom is 0.0312 e. The van der Waals surface area contributed by atoms with Crippen molar-refractivity contribution < 1.29 is 0 Å². The van der Waals surface area contributed by atoms with E-state index in [1.807, 2.05) is 6.20 Å². The van der Waals surface area contributed by atoms with Crippen LogP contribution in [-0.4, -0.2) is 11.0 Å². The first-order chi connectivity index (χ1) is 5.81. The van der Waals surface area contributed by atoms with Crippen LogP contribution in [0.25, 0.3) is 0 Å². The minimum absolute atomic E-state index is 0.518. The second kappa shape index (κ2) is 2.94. The van der Waals surface area contributed by atoms with Gasteiger partial charge in [-0.1, -0.05) is 6.92 Å². The van der Waals surface area contributed by atoms with Gasteiger partial charge in [0.05, 0.1) is 0 Å². The van der Waals surface area contributed by atoms with Gasteiger partial charge < -0.3 is 10.3 Å². The van der Waals surface area contributed by atoms with E-state index in [0.717, 1.165) is 6.42 Å². The molecule has 0 unspecified atom stereocenters. The van der Waals surface area contributed by atoms with Crippen molar-refractivity contribution in [2.45, 2.75) is 38.8 Å². The summed E-state index contributed by atoms with van der Waals surface area (Å²) >= 11 is 0. The van der Waals surface area contributed by atoms with Gasteiger partial charge in [-0.3, -0.25) is 0 Å². The number of aromatic nitrogens is 1. The Morgan fingerprint density at radius 3 is 3.17 bits per heavy atom. The summed E-state index contributed by atoms with van der Waals surface area (Å²) in [5.74, 6) is 0. The van der Waals surface area contributed by atoms with Crippen molar-refractivity contribution in [3.63, 3.8) is 0 Å². The van der Waals surface area contributed by atoms with Gasteiger partial charge >= 0.3 is 0 Å². The quantitative estimate of drug-likeness (QED) is 0.652. The van der Waals surface area contributed by atoms with Crippen LogP contribution in [0.1, 0.15) is 37.6 Å². The Kier molecular flexibility index (Phi) is 1.93. The van der Waals surface area contributed by atoms with Crippen LogP contribution in [0.5, 0.6) is 0 Å². The molecular formula is C10H16N2. The molecule has 0 radical (unpaired) electrons. The molecular weight excluding hydrogens is 148 g/mol. The normalized spacial score (nSPS) is 28.5. The Labute approximate surface area is 73.4 Å². The van der Waals surface area contributed by atoms with Crippen molar-refractivity contribution in [1.82, 2.24) is 10.3 Å². The van der Waals surface area contributed by atoms with Gasteiger partial charge in [-0.2, -0.15) is 0 Å². The van der Waals surface area contributed by atoms with E-state index in [0.29, 0.717) is 12.1 Å². The van der Waals surface area contributed by atoms with Gasteiger partial charge in [0, 0.05) is 30.4 Å². The molecule has 0 bridgehead atoms. The summed E-state index contributed by atoms with van der Waals surface area (Å²) in [5.41, 5.74) is 2.87. The summed E-state index contributed by atoms with van der Waals surface area (Å²) in [7, 11) is 0. The van der Waals surface area contributed by atoms with Gasteiger partial charge in [0.1, 0.15) is 0 Å². The van der Waals surface area contributed by atoms with Crippen molar-refractivity contribution in [3.8, 4) is 0 Å². The molecule has 0 saturated heterocycles. The molecule has 1 aliphatic rings. The van der Waals surface area contributed by atoms with Crippen LogP contribution >= 0.6 is 0 Å². The van der Waals surface area contributed by atoms with E-state index in [1.165, 1.54) is 17.7 Å². The lowest BCUT2D eigenvalue weighted by molar-refractivity contribution is 0.409. The van der Waals surface area contributed by atoms with Crippen molar-refractivity contribution in [2.75, 3.05) is 0 Å². The number of aromatic amines is 1. The fourth-order valence-electron chi connectivity index (χ4n) is 2.01. The minimum Gasteiger partial charge on any atom is -0.365 e. The molecule has 0 saturated carbocycles. The zero-order chi connectivity index (χ0) is 8.55.